The van der Waals surface area contributed by atoms with E-state index in [0.717, 1.165) is 6.42 Å². The summed E-state index contributed by atoms with van der Waals surface area (Å²) in [6.45, 7) is 1.91. The zero-order valence-corrected chi connectivity index (χ0v) is 6.07. The predicted octanol–water partition coefficient (Wildman–Crippen LogP) is -1.21. The van der Waals surface area contributed by atoms with Crippen LogP contribution in [0.5, 0.6) is 0 Å². The molecular weight excluding hydrogens is 134 g/mol. The van der Waals surface area contributed by atoms with E-state index in [2.05, 4.69) is 0 Å². The minimum atomic E-state index is -1.72. The summed E-state index contributed by atoms with van der Waals surface area (Å²) in [5.41, 5.74) is 5.36. The predicted molar refractivity (Wildman–Crippen MR) is 37.1 cm³/mol. The smallest absolute Gasteiger partial charge is 0.179 e. The Labute approximate surface area is 60.3 Å². The number of aliphatic hydroxyl groups is 3. The summed E-state index contributed by atoms with van der Waals surface area (Å²) >= 11 is 0. The first kappa shape index (κ1) is 9.84. The highest BCUT2D eigenvalue weighted by Crippen LogP contribution is 2.01. The Kier molecular flexibility index (Phi) is 4.55. The fourth-order valence-electron chi connectivity index (χ4n) is 0.725. The summed E-state index contributed by atoms with van der Waals surface area (Å²) in [6.07, 6.45) is -1.52. The van der Waals surface area contributed by atoms with Crippen LogP contribution in [0.1, 0.15) is 19.8 Å². The summed E-state index contributed by atoms with van der Waals surface area (Å²) in [5, 5.41) is 25.8. The van der Waals surface area contributed by atoms with Gasteiger partial charge in [0, 0.05) is 6.04 Å². The zero-order chi connectivity index (χ0) is 8.15. The molecule has 0 aliphatic rings. The summed E-state index contributed by atoms with van der Waals surface area (Å²) in [4.78, 5) is 0. The number of aliphatic hydroxyl groups excluding tert-OH is 2. The van der Waals surface area contributed by atoms with Crippen molar-refractivity contribution in [1.82, 2.24) is 0 Å². The van der Waals surface area contributed by atoms with Crippen molar-refractivity contribution < 1.29 is 15.3 Å². The van der Waals surface area contributed by atoms with Gasteiger partial charge in [0.05, 0.1) is 0 Å². The van der Waals surface area contributed by atoms with Crippen molar-refractivity contribution in [3.8, 4) is 0 Å². The second-order valence-electron chi connectivity index (χ2n) is 2.36. The molecule has 0 aromatic carbocycles. The van der Waals surface area contributed by atoms with Crippen molar-refractivity contribution in [3.05, 3.63) is 0 Å². The molecule has 5 N–H and O–H groups in total. The molecule has 0 aromatic rings. The second-order valence-corrected chi connectivity index (χ2v) is 2.36. The maximum atomic E-state index is 8.90. The van der Waals surface area contributed by atoms with Gasteiger partial charge in [0.25, 0.3) is 0 Å². The number of rotatable bonds is 4. The van der Waals surface area contributed by atoms with Crippen LogP contribution in [0.15, 0.2) is 0 Å². The molecule has 2 unspecified atom stereocenters. The van der Waals surface area contributed by atoms with Crippen LogP contribution < -0.4 is 5.73 Å². The Bertz CT molecular complexity index is 87.1. The Balaban J connectivity index is 3.58. The number of hydrogen-bond donors (Lipinski definition) is 4. The number of nitrogens with two attached hydrogens (primary N) is 1. The third kappa shape index (κ3) is 3.12. The van der Waals surface area contributed by atoms with Gasteiger partial charge in [0.15, 0.2) is 6.29 Å². The van der Waals surface area contributed by atoms with E-state index in [0.29, 0.717) is 6.42 Å². The Hall–Kier alpha value is -0.160. The van der Waals surface area contributed by atoms with Crippen LogP contribution in [0, 0.1) is 0 Å². The second kappa shape index (κ2) is 4.62. The summed E-state index contributed by atoms with van der Waals surface area (Å²) in [7, 11) is 0. The lowest BCUT2D eigenvalue weighted by atomic mass is 10.1. The highest BCUT2D eigenvalue weighted by atomic mass is 16.5. The Morgan fingerprint density at radius 2 is 1.80 bits per heavy atom. The fraction of sp³-hybridized carbons (Fsp3) is 1.00. The first-order valence-electron chi connectivity index (χ1n) is 3.39. The molecule has 0 aliphatic heterocycles. The first-order chi connectivity index (χ1) is 4.59. The lowest BCUT2D eigenvalue weighted by Crippen LogP contribution is -2.42. The lowest BCUT2D eigenvalue weighted by Gasteiger charge is -2.19. The van der Waals surface area contributed by atoms with Gasteiger partial charge in [0.2, 0.25) is 0 Å². The van der Waals surface area contributed by atoms with Crippen LogP contribution in [-0.2, 0) is 0 Å². The molecule has 4 heteroatoms. The molecule has 0 rings (SSSR count). The molecule has 2 atom stereocenters. The molecule has 0 saturated heterocycles. The summed E-state index contributed by atoms with van der Waals surface area (Å²) in [5.74, 6) is 0. The first-order valence-corrected chi connectivity index (χ1v) is 3.39. The summed E-state index contributed by atoms with van der Waals surface area (Å²) < 4.78 is 0. The number of hydrogen-bond acceptors (Lipinski definition) is 4. The van der Waals surface area contributed by atoms with Gasteiger partial charge < -0.3 is 21.1 Å². The van der Waals surface area contributed by atoms with Crippen molar-refractivity contribution in [2.75, 3.05) is 0 Å². The van der Waals surface area contributed by atoms with Crippen LogP contribution in [0.2, 0.25) is 0 Å². The molecule has 0 radical (unpaired) electrons. The van der Waals surface area contributed by atoms with Gasteiger partial charge in [-0.05, 0) is 6.42 Å². The quantitative estimate of drug-likeness (QED) is 0.378. The topological polar surface area (TPSA) is 86.7 Å². The SMILES string of the molecule is CCCC(N)C(O)C(O)O. The molecule has 0 aliphatic carbocycles. The molecule has 0 bridgehead atoms. The van der Waals surface area contributed by atoms with Crippen LogP contribution in [-0.4, -0.2) is 33.8 Å². The maximum absolute atomic E-state index is 8.90. The van der Waals surface area contributed by atoms with Crippen molar-refractivity contribution >= 4 is 0 Å². The molecule has 0 heterocycles. The minimum absolute atomic E-state index is 0.537. The molecule has 0 saturated carbocycles. The average molecular weight is 149 g/mol. The third-order valence-corrected chi connectivity index (χ3v) is 1.37. The largest absolute Gasteiger partial charge is 0.386 e. The molecule has 4 nitrogen and oxygen atoms in total. The zero-order valence-electron chi connectivity index (χ0n) is 6.07. The molecular formula is C6H15NO3. The molecule has 0 aromatic heterocycles. The third-order valence-electron chi connectivity index (χ3n) is 1.37. The standard InChI is InChI=1S/C6H15NO3/c1-2-3-4(7)5(8)6(9)10/h4-6,8-10H,2-3,7H2,1H3. The molecule has 62 valence electrons. The van der Waals surface area contributed by atoms with Gasteiger partial charge in [-0.15, -0.1) is 0 Å². The fourth-order valence-corrected chi connectivity index (χ4v) is 0.725. The van der Waals surface area contributed by atoms with E-state index in [1.165, 1.54) is 0 Å². The van der Waals surface area contributed by atoms with E-state index < -0.39 is 18.4 Å². The minimum Gasteiger partial charge on any atom is -0.386 e. The van der Waals surface area contributed by atoms with E-state index in [4.69, 9.17) is 21.1 Å². The highest BCUT2D eigenvalue weighted by molar-refractivity contribution is 4.71. The molecule has 0 spiro atoms. The van der Waals surface area contributed by atoms with Crippen LogP contribution >= 0.6 is 0 Å². The van der Waals surface area contributed by atoms with Crippen molar-refractivity contribution in [1.29, 1.82) is 0 Å². The van der Waals surface area contributed by atoms with E-state index >= 15 is 0 Å². The van der Waals surface area contributed by atoms with Crippen LogP contribution in [0.3, 0.4) is 0 Å². The Morgan fingerprint density at radius 3 is 2.10 bits per heavy atom. The van der Waals surface area contributed by atoms with Gasteiger partial charge >= 0.3 is 0 Å². The van der Waals surface area contributed by atoms with Gasteiger partial charge in [0.1, 0.15) is 6.10 Å². The maximum Gasteiger partial charge on any atom is 0.179 e. The average Bonchev–Trinajstić information content (AvgIpc) is 1.87. The van der Waals surface area contributed by atoms with Crippen LogP contribution in [0.25, 0.3) is 0 Å². The lowest BCUT2D eigenvalue weighted by molar-refractivity contribution is -0.129. The van der Waals surface area contributed by atoms with Crippen LogP contribution in [0.4, 0.5) is 0 Å². The summed E-state index contributed by atoms with van der Waals surface area (Å²) in [6, 6.07) is -0.537. The van der Waals surface area contributed by atoms with Gasteiger partial charge in [-0.3, -0.25) is 0 Å². The molecule has 0 amide bonds. The van der Waals surface area contributed by atoms with Gasteiger partial charge in [-0.1, -0.05) is 13.3 Å². The van der Waals surface area contributed by atoms with Gasteiger partial charge in [-0.25, -0.2) is 0 Å². The van der Waals surface area contributed by atoms with E-state index in [-0.39, 0.29) is 0 Å². The van der Waals surface area contributed by atoms with Crippen molar-refractivity contribution in [2.24, 2.45) is 5.73 Å². The monoisotopic (exact) mass is 149 g/mol. The molecule has 10 heavy (non-hydrogen) atoms. The molecule has 0 fully saturated rings. The van der Waals surface area contributed by atoms with E-state index in [1.54, 1.807) is 0 Å². The van der Waals surface area contributed by atoms with Crippen molar-refractivity contribution in [2.45, 2.75) is 38.2 Å². The Morgan fingerprint density at radius 1 is 1.30 bits per heavy atom. The highest BCUT2D eigenvalue weighted by Gasteiger charge is 2.19. The van der Waals surface area contributed by atoms with Gasteiger partial charge in [-0.2, -0.15) is 0 Å². The van der Waals surface area contributed by atoms with Crippen molar-refractivity contribution in [3.63, 3.8) is 0 Å². The normalized spacial score (nSPS) is 17.4. The van der Waals surface area contributed by atoms with E-state index in [1.807, 2.05) is 6.92 Å². The van der Waals surface area contributed by atoms with E-state index in [9.17, 15) is 0 Å².